The van der Waals surface area contributed by atoms with E-state index in [0.29, 0.717) is 17.5 Å². The number of aryl methyl sites for hydroxylation is 1. The third kappa shape index (κ3) is 3.95. The SMILES string of the molecule is CN(Cc1csc(-c2cccs2)n1)C(=O)CSc1nnnn1C. The first-order chi connectivity index (χ1) is 11.1. The van der Waals surface area contributed by atoms with E-state index in [9.17, 15) is 4.79 Å². The molecule has 0 bridgehead atoms. The number of hydrogen-bond acceptors (Lipinski definition) is 8. The highest BCUT2D eigenvalue weighted by Gasteiger charge is 2.14. The van der Waals surface area contributed by atoms with Gasteiger partial charge in [-0.2, -0.15) is 0 Å². The Balaban J connectivity index is 1.55. The van der Waals surface area contributed by atoms with Crippen LogP contribution in [0.1, 0.15) is 5.69 Å². The van der Waals surface area contributed by atoms with E-state index < -0.39 is 0 Å². The van der Waals surface area contributed by atoms with E-state index in [1.807, 2.05) is 22.9 Å². The van der Waals surface area contributed by atoms with Gasteiger partial charge in [0.1, 0.15) is 5.01 Å². The van der Waals surface area contributed by atoms with Crippen molar-refractivity contribution in [3.05, 3.63) is 28.6 Å². The maximum atomic E-state index is 12.2. The molecule has 3 heterocycles. The number of thiophene rings is 1. The first-order valence-electron chi connectivity index (χ1n) is 6.71. The maximum absolute atomic E-state index is 12.2. The Morgan fingerprint density at radius 1 is 1.43 bits per heavy atom. The number of thioether (sulfide) groups is 1. The molecule has 0 aromatic carbocycles. The average Bonchev–Trinajstić information content (AvgIpc) is 3.26. The van der Waals surface area contributed by atoms with Crippen LogP contribution in [0, 0.1) is 0 Å². The molecule has 0 radical (unpaired) electrons. The molecule has 0 aliphatic heterocycles. The van der Waals surface area contributed by atoms with Crippen molar-refractivity contribution in [3.63, 3.8) is 0 Å². The van der Waals surface area contributed by atoms with Gasteiger partial charge >= 0.3 is 0 Å². The van der Waals surface area contributed by atoms with Crippen LogP contribution in [0.2, 0.25) is 0 Å². The van der Waals surface area contributed by atoms with Gasteiger partial charge in [-0.15, -0.1) is 27.8 Å². The minimum absolute atomic E-state index is 0.0173. The minimum Gasteiger partial charge on any atom is -0.339 e. The molecule has 0 atom stereocenters. The van der Waals surface area contributed by atoms with Crippen LogP contribution in [0.4, 0.5) is 0 Å². The smallest absolute Gasteiger partial charge is 0.233 e. The largest absolute Gasteiger partial charge is 0.339 e. The van der Waals surface area contributed by atoms with E-state index in [2.05, 4.69) is 20.5 Å². The molecule has 0 aliphatic carbocycles. The van der Waals surface area contributed by atoms with E-state index in [-0.39, 0.29) is 5.91 Å². The van der Waals surface area contributed by atoms with Crippen molar-refractivity contribution in [2.24, 2.45) is 7.05 Å². The number of carbonyl (C=O) groups excluding carboxylic acids is 1. The molecule has 0 unspecified atom stereocenters. The van der Waals surface area contributed by atoms with Crippen LogP contribution in [0.15, 0.2) is 28.0 Å². The van der Waals surface area contributed by atoms with Gasteiger partial charge in [0, 0.05) is 19.5 Å². The van der Waals surface area contributed by atoms with Crippen LogP contribution in [0.5, 0.6) is 0 Å². The zero-order valence-corrected chi connectivity index (χ0v) is 15.0. The first kappa shape index (κ1) is 16.1. The van der Waals surface area contributed by atoms with Crippen molar-refractivity contribution >= 4 is 40.3 Å². The third-order valence-corrected chi connectivity index (χ3v) is 5.94. The lowest BCUT2D eigenvalue weighted by Crippen LogP contribution is -2.28. The molecular weight excluding hydrogens is 352 g/mol. The summed E-state index contributed by atoms with van der Waals surface area (Å²) in [5.41, 5.74) is 0.902. The van der Waals surface area contributed by atoms with Crippen molar-refractivity contribution < 1.29 is 4.79 Å². The van der Waals surface area contributed by atoms with Crippen LogP contribution in [0.3, 0.4) is 0 Å². The predicted molar refractivity (Wildman–Crippen MR) is 91.4 cm³/mol. The van der Waals surface area contributed by atoms with Gasteiger partial charge in [0.25, 0.3) is 0 Å². The normalized spacial score (nSPS) is 10.9. The molecule has 3 aromatic heterocycles. The molecule has 23 heavy (non-hydrogen) atoms. The monoisotopic (exact) mass is 366 g/mol. The first-order valence-corrected chi connectivity index (χ1v) is 9.45. The van der Waals surface area contributed by atoms with Crippen molar-refractivity contribution in [2.75, 3.05) is 12.8 Å². The summed E-state index contributed by atoms with van der Waals surface area (Å²) in [6.45, 7) is 0.498. The fourth-order valence-corrected chi connectivity index (χ4v) is 4.22. The van der Waals surface area contributed by atoms with E-state index in [1.165, 1.54) is 11.8 Å². The summed E-state index contributed by atoms with van der Waals surface area (Å²) in [7, 11) is 3.53. The Hall–Kier alpha value is -1.78. The van der Waals surface area contributed by atoms with Gasteiger partial charge < -0.3 is 4.90 Å². The molecule has 3 aromatic rings. The molecule has 0 saturated carbocycles. The van der Waals surface area contributed by atoms with Crippen LogP contribution < -0.4 is 0 Å². The zero-order chi connectivity index (χ0) is 16.2. The molecule has 7 nitrogen and oxygen atoms in total. The Morgan fingerprint density at radius 3 is 3.00 bits per heavy atom. The van der Waals surface area contributed by atoms with Gasteiger partial charge in [0.05, 0.1) is 22.9 Å². The Bertz CT molecular complexity index is 781. The molecule has 10 heteroatoms. The summed E-state index contributed by atoms with van der Waals surface area (Å²) >= 11 is 4.59. The van der Waals surface area contributed by atoms with Crippen molar-refractivity contribution in [2.45, 2.75) is 11.7 Å². The average molecular weight is 366 g/mol. The van der Waals surface area contributed by atoms with Crippen LogP contribution >= 0.6 is 34.4 Å². The standard InChI is InChI=1S/C13H14N6OS3/c1-18(11(20)8-23-13-15-16-17-19(13)2)6-9-7-22-12(14-9)10-4-3-5-21-10/h3-5,7H,6,8H2,1-2H3. The lowest BCUT2D eigenvalue weighted by molar-refractivity contribution is -0.127. The topological polar surface area (TPSA) is 76.8 Å². The van der Waals surface area contributed by atoms with E-state index >= 15 is 0 Å². The summed E-state index contributed by atoms with van der Waals surface area (Å²) in [4.78, 5) is 19.6. The molecular formula is C13H14N6OS3. The number of thiazole rings is 1. The number of carbonyl (C=O) groups is 1. The van der Waals surface area contributed by atoms with E-state index in [4.69, 9.17) is 0 Å². The molecule has 1 amide bonds. The molecule has 0 saturated heterocycles. The number of aromatic nitrogens is 5. The highest BCUT2D eigenvalue weighted by Crippen LogP contribution is 2.28. The van der Waals surface area contributed by atoms with E-state index in [1.54, 1.807) is 46.4 Å². The van der Waals surface area contributed by atoms with Gasteiger partial charge in [-0.3, -0.25) is 4.79 Å². The lowest BCUT2D eigenvalue weighted by atomic mass is 10.4. The van der Waals surface area contributed by atoms with E-state index in [0.717, 1.165) is 15.6 Å². The summed E-state index contributed by atoms with van der Waals surface area (Å²) in [6, 6.07) is 4.06. The maximum Gasteiger partial charge on any atom is 0.233 e. The number of rotatable bonds is 6. The lowest BCUT2D eigenvalue weighted by Gasteiger charge is -2.15. The second-order valence-corrected chi connectivity index (χ2v) is 7.49. The van der Waals surface area contributed by atoms with Gasteiger partial charge in [-0.05, 0) is 21.9 Å². The fourth-order valence-electron chi connectivity index (χ4n) is 1.80. The second kappa shape index (κ2) is 7.20. The van der Waals surface area contributed by atoms with Gasteiger partial charge in [-0.25, -0.2) is 9.67 Å². The third-order valence-electron chi connectivity index (χ3n) is 3.01. The van der Waals surface area contributed by atoms with Crippen LogP contribution in [-0.2, 0) is 18.4 Å². The summed E-state index contributed by atoms with van der Waals surface area (Å²) in [5, 5.41) is 16.8. The van der Waals surface area contributed by atoms with Gasteiger partial charge in [0.2, 0.25) is 11.1 Å². The Morgan fingerprint density at radius 2 is 2.30 bits per heavy atom. The van der Waals surface area contributed by atoms with Crippen molar-refractivity contribution in [1.29, 1.82) is 0 Å². The Kier molecular flexibility index (Phi) is 5.03. The predicted octanol–water partition coefficient (Wildman–Crippen LogP) is 2.15. The van der Waals surface area contributed by atoms with Crippen molar-refractivity contribution in [1.82, 2.24) is 30.1 Å². The van der Waals surface area contributed by atoms with Gasteiger partial charge in [-0.1, -0.05) is 17.8 Å². The highest BCUT2D eigenvalue weighted by atomic mass is 32.2. The van der Waals surface area contributed by atoms with Crippen LogP contribution in [0.25, 0.3) is 9.88 Å². The number of nitrogens with zero attached hydrogens (tertiary/aromatic N) is 6. The molecule has 3 rings (SSSR count). The molecule has 120 valence electrons. The highest BCUT2D eigenvalue weighted by molar-refractivity contribution is 7.99. The summed E-state index contributed by atoms with van der Waals surface area (Å²) in [5.74, 6) is 0.316. The zero-order valence-electron chi connectivity index (χ0n) is 12.5. The van der Waals surface area contributed by atoms with Crippen molar-refractivity contribution in [3.8, 4) is 9.88 Å². The number of amides is 1. The van der Waals surface area contributed by atoms with Crippen LogP contribution in [-0.4, -0.2) is 48.8 Å². The molecule has 0 spiro atoms. The fraction of sp³-hybridized carbons (Fsp3) is 0.308. The minimum atomic E-state index is 0.0173. The summed E-state index contributed by atoms with van der Waals surface area (Å²) in [6.07, 6.45) is 0. The second-order valence-electron chi connectivity index (χ2n) is 4.74. The van der Waals surface area contributed by atoms with Gasteiger partial charge in [0.15, 0.2) is 0 Å². The molecule has 0 fully saturated rings. The number of hydrogen-bond donors (Lipinski definition) is 0. The molecule has 0 N–H and O–H groups in total. The Labute approximate surface area is 145 Å². The summed E-state index contributed by atoms with van der Waals surface area (Å²) < 4.78 is 1.55. The number of tetrazole rings is 1. The molecule has 0 aliphatic rings. The quantitative estimate of drug-likeness (QED) is 0.622.